The van der Waals surface area contributed by atoms with Gasteiger partial charge in [-0.05, 0) is 48.7 Å². The van der Waals surface area contributed by atoms with Crippen molar-refractivity contribution in [1.29, 1.82) is 0 Å². The number of nitrogens with one attached hydrogen (secondary N) is 1. The van der Waals surface area contributed by atoms with Crippen molar-refractivity contribution in [2.24, 2.45) is 5.92 Å². The van der Waals surface area contributed by atoms with Gasteiger partial charge in [0.2, 0.25) is 11.8 Å². The van der Waals surface area contributed by atoms with E-state index in [9.17, 15) is 9.59 Å². The van der Waals surface area contributed by atoms with Crippen LogP contribution >= 0.6 is 0 Å². The summed E-state index contributed by atoms with van der Waals surface area (Å²) in [5.41, 5.74) is 10.2. The number of hydrogen-bond donors (Lipinski definition) is 2. The lowest BCUT2D eigenvalue weighted by Crippen LogP contribution is -2.28. The second kappa shape index (κ2) is 7.60. The van der Waals surface area contributed by atoms with Crippen LogP contribution in [0.2, 0.25) is 0 Å². The van der Waals surface area contributed by atoms with Crippen molar-refractivity contribution in [3.63, 3.8) is 0 Å². The number of nitrogens with two attached hydrogens (primary N) is 1. The molecule has 1 saturated heterocycles. The van der Waals surface area contributed by atoms with E-state index in [2.05, 4.69) is 24.4 Å². The molecule has 0 saturated carbocycles. The summed E-state index contributed by atoms with van der Waals surface area (Å²) >= 11 is 0. The summed E-state index contributed by atoms with van der Waals surface area (Å²) in [6.45, 7) is 4.46. The van der Waals surface area contributed by atoms with Crippen molar-refractivity contribution < 1.29 is 9.59 Å². The van der Waals surface area contributed by atoms with Crippen LogP contribution in [0.1, 0.15) is 30.9 Å². The second-order valence-electron chi connectivity index (χ2n) is 6.89. The predicted molar refractivity (Wildman–Crippen MR) is 105 cm³/mol. The molecule has 2 amide bonds. The van der Waals surface area contributed by atoms with Gasteiger partial charge < -0.3 is 16.0 Å². The molecule has 3 rings (SSSR count). The lowest BCUT2D eigenvalue weighted by Gasteiger charge is -2.17. The van der Waals surface area contributed by atoms with Gasteiger partial charge in [0, 0.05) is 30.0 Å². The van der Waals surface area contributed by atoms with Crippen molar-refractivity contribution in [1.82, 2.24) is 0 Å². The maximum absolute atomic E-state index is 12.6. The van der Waals surface area contributed by atoms with Gasteiger partial charge in [-0.2, -0.15) is 0 Å². The molecule has 2 aromatic rings. The third-order valence-electron chi connectivity index (χ3n) is 4.80. The zero-order valence-electron chi connectivity index (χ0n) is 15.3. The van der Waals surface area contributed by atoms with E-state index in [-0.39, 0.29) is 24.2 Å². The van der Waals surface area contributed by atoms with Crippen LogP contribution < -0.4 is 16.0 Å². The van der Waals surface area contributed by atoms with Crippen LogP contribution in [0.15, 0.2) is 42.5 Å². The highest BCUT2D eigenvalue weighted by Crippen LogP contribution is 2.27. The molecule has 0 spiro atoms. The Bertz CT molecular complexity index is 815. The summed E-state index contributed by atoms with van der Waals surface area (Å²) in [5, 5.41) is 2.91. The predicted octanol–water partition coefficient (Wildman–Crippen LogP) is 3.52. The Morgan fingerprint density at radius 3 is 2.65 bits per heavy atom. The summed E-state index contributed by atoms with van der Waals surface area (Å²) < 4.78 is 0. The first-order valence-corrected chi connectivity index (χ1v) is 9.04. The Labute approximate surface area is 154 Å². The highest BCUT2D eigenvalue weighted by Gasteiger charge is 2.35. The first kappa shape index (κ1) is 18.0. The fourth-order valence-electron chi connectivity index (χ4n) is 3.27. The minimum absolute atomic E-state index is 0.0160. The Morgan fingerprint density at radius 2 is 1.96 bits per heavy atom. The number of aryl methyl sites for hydroxylation is 2. The molecule has 1 atom stereocenters. The molecule has 0 aliphatic carbocycles. The normalized spacial score (nSPS) is 16.8. The van der Waals surface area contributed by atoms with Gasteiger partial charge in [-0.1, -0.05) is 31.5 Å². The van der Waals surface area contributed by atoms with Crippen molar-refractivity contribution in [2.75, 3.05) is 22.5 Å². The van der Waals surface area contributed by atoms with Gasteiger partial charge in [0.05, 0.1) is 5.92 Å². The van der Waals surface area contributed by atoms with Crippen LogP contribution in [-0.4, -0.2) is 18.4 Å². The largest absolute Gasteiger partial charge is 0.399 e. The van der Waals surface area contributed by atoms with Crippen LogP contribution in [-0.2, 0) is 16.0 Å². The fourth-order valence-corrected chi connectivity index (χ4v) is 3.27. The molecule has 136 valence electrons. The lowest BCUT2D eigenvalue weighted by atomic mass is 10.1. The number of hydrogen-bond acceptors (Lipinski definition) is 3. The number of nitrogen functional groups attached to an aromatic ring is 1. The minimum atomic E-state index is -0.362. The SMILES string of the molecule is CCCc1ccc(N2CC(C(=O)Nc3cc(N)ccc3C)CC2=O)cc1. The number of anilines is 3. The zero-order chi connectivity index (χ0) is 18.7. The number of benzene rings is 2. The molecule has 1 unspecified atom stereocenters. The average molecular weight is 351 g/mol. The van der Waals surface area contributed by atoms with Gasteiger partial charge in [-0.15, -0.1) is 0 Å². The second-order valence-corrected chi connectivity index (χ2v) is 6.89. The summed E-state index contributed by atoms with van der Waals surface area (Å²) in [7, 11) is 0. The van der Waals surface area contributed by atoms with E-state index in [1.165, 1.54) is 5.56 Å². The number of amides is 2. The van der Waals surface area contributed by atoms with Gasteiger partial charge in [-0.3, -0.25) is 9.59 Å². The van der Waals surface area contributed by atoms with Gasteiger partial charge in [0.15, 0.2) is 0 Å². The molecule has 0 radical (unpaired) electrons. The van der Waals surface area contributed by atoms with E-state index < -0.39 is 0 Å². The topological polar surface area (TPSA) is 75.4 Å². The molecule has 1 aliphatic heterocycles. The number of carbonyl (C=O) groups excluding carboxylic acids is 2. The van der Waals surface area contributed by atoms with Crippen LogP contribution in [0.5, 0.6) is 0 Å². The monoisotopic (exact) mass is 351 g/mol. The van der Waals surface area contributed by atoms with E-state index in [1.807, 2.05) is 25.1 Å². The Kier molecular flexibility index (Phi) is 5.26. The summed E-state index contributed by atoms with van der Waals surface area (Å²) in [4.78, 5) is 26.7. The molecule has 1 aliphatic rings. The van der Waals surface area contributed by atoms with Crippen molar-refractivity contribution in [2.45, 2.75) is 33.1 Å². The molecule has 0 bridgehead atoms. The summed E-state index contributed by atoms with van der Waals surface area (Å²) in [6.07, 6.45) is 2.34. The Balaban J connectivity index is 1.68. The minimum Gasteiger partial charge on any atom is -0.399 e. The van der Waals surface area contributed by atoms with Crippen LogP contribution in [0.4, 0.5) is 17.1 Å². The van der Waals surface area contributed by atoms with Gasteiger partial charge in [0.25, 0.3) is 0 Å². The molecule has 3 N–H and O–H groups in total. The summed E-state index contributed by atoms with van der Waals surface area (Å²) in [5.74, 6) is -0.520. The number of carbonyl (C=O) groups is 2. The van der Waals surface area contributed by atoms with Crippen LogP contribution in [0, 0.1) is 12.8 Å². The lowest BCUT2D eigenvalue weighted by molar-refractivity contribution is -0.122. The van der Waals surface area contributed by atoms with Gasteiger partial charge in [-0.25, -0.2) is 0 Å². The van der Waals surface area contributed by atoms with E-state index in [1.54, 1.807) is 17.0 Å². The van der Waals surface area contributed by atoms with E-state index in [0.717, 1.165) is 24.1 Å². The maximum atomic E-state index is 12.6. The van der Waals surface area contributed by atoms with Crippen molar-refractivity contribution >= 4 is 28.9 Å². The average Bonchev–Trinajstić information content (AvgIpc) is 3.01. The fraction of sp³-hybridized carbons (Fsp3) is 0.333. The third kappa shape index (κ3) is 3.87. The van der Waals surface area contributed by atoms with Crippen molar-refractivity contribution in [3.05, 3.63) is 53.6 Å². The van der Waals surface area contributed by atoms with E-state index >= 15 is 0 Å². The number of rotatable bonds is 5. The molecular formula is C21H25N3O2. The molecular weight excluding hydrogens is 326 g/mol. The van der Waals surface area contributed by atoms with Gasteiger partial charge in [0.1, 0.15) is 0 Å². The highest BCUT2D eigenvalue weighted by molar-refractivity contribution is 6.03. The van der Waals surface area contributed by atoms with Crippen LogP contribution in [0.3, 0.4) is 0 Å². The quantitative estimate of drug-likeness (QED) is 0.809. The van der Waals surface area contributed by atoms with Crippen molar-refractivity contribution in [3.8, 4) is 0 Å². The first-order valence-electron chi connectivity index (χ1n) is 9.04. The molecule has 26 heavy (non-hydrogen) atoms. The van der Waals surface area contributed by atoms with Crippen LogP contribution in [0.25, 0.3) is 0 Å². The molecule has 2 aromatic carbocycles. The first-order chi connectivity index (χ1) is 12.5. The highest BCUT2D eigenvalue weighted by atomic mass is 16.2. The van der Waals surface area contributed by atoms with E-state index in [0.29, 0.717) is 17.9 Å². The molecule has 1 heterocycles. The molecule has 5 nitrogen and oxygen atoms in total. The van der Waals surface area contributed by atoms with Gasteiger partial charge >= 0.3 is 0 Å². The molecule has 0 aromatic heterocycles. The Morgan fingerprint density at radius 1 is 1.23 bits per heavy atom. The summed E-state index contributed by atoms with van der Waals surface area (Å²) in [6, 6.07) is 13.4. The molecule has 1 fully saturated rings. The number of nitrogens with zero attached hydrogens (tertiary/aromatic N) is 1. The standard InChI is InChI=1S/C21H25N3O2/c1-3-4-15-6-9-18(10-7-15)24-13-16(11-20(24)25)21(26)23-19-12-17(22)8-5-14(19)2/h5-10,12,16H,3-4,11,13,22H2,1-2H3,(H,23,26). The molecule has 5 heteroatoms. The zero-order valence-corrected chi connectivity index (χ0v) is 15.3. The Hall–Kier alpha value is -2.82. The smallest absolute Gasteiger partial charge is 0.229 e. The van der Waals surface area contributed by atoms with E-state index in [4.69, 9.17) is 5.73 Å². The maximum Gasteiger partial charge on any atom is 0.229 e. The third-order valence-corrected chi connectivity index (χ3v) is 4.80.